The fourth-order valence-electron chi connectivity index (χ4n) is 2.26. The van der Waals surface area contributed by atoms with E-state index < -0.39 is 0 Å². The van der Waals surface area contributed by atoms with Crippen LogP contribution in [0.3, 0.4) is 0 Å². The molecule has 0 amide bonds. The number of methoxy groups -OCH3 is 1. The van der Waals surface area contributed by atoms with Gasteiger partial charge in [0.1, 0.15) is 11.9 Å². The van der Waals surface area contributed by atoms with Gasteiger partial charge >= 0.3 is 0 Å². The van der Waals surface area contributed by atoms with Crippen molar-refractivity contribution in [3.8, 4) is 23.1 Å². The quantitative estimate of drug-likeness (QED) is 0.749. The second-order valence-corrected chi connectivity index (χ2v) is 4.76. The Kier molecular flexibility index (Phi) is 3.24. The number of aromatic nitrogens is 2. The number of nitrogens with two attached hydrogens (primary N) is 2. The third-order valence-electron chi connectivity index (χ3n) is 3.37. The summed E-state index contributed by atoms with van der Waals surface area (Å²) in [7, 11) is 1.52. The summed E-state index contributed by atoms with van der Waals surface area (Å²) >= 11 is 0. The van der Waals surface area contributed by atoms with Crippen molar-refractivity contribution < 1.29 is 4.74 Å². The number of nitrogen functional groups attached to an aromatic ring is 2. The van der Waals surface area contributed by atoms with E-state index in [1.54, 1.807) is 18.3 Å². The van der Waals surface area contributed by atoms with Crippen molar-refractivity contribution in [3.05, 3.63) is 42.1 Å². The number of rotatable bonds is 2. The summed E-state index contributed by atoms with van der Waals surface area (Å²) in [5, 5.41) is 9.88. The van der Waals surface area contributed by atoms with Crippen LogP contribution < -0.4 is 16.2 Å². The van der Waals surface area contributed by atoms with Crippen molar-refractivity contribution in [1.82, 2.24) is 9.97 Å². The average molecular weight is 291 g/mol. The molecule has 0 atom stereocenters. The maximum Gasteiger partial charge on any atom is 0.236 e. The zero-order valence-corrected chi connectivity index (χ0v) is 11.9. The van der Waals surface area contributed by atoms with Gasteiger partial charge in [-0.15, -0.1) is 0 Å². The number of hydrogen-bond acceptors (Lipinski definition) is 6. The highest BCUT2D eigenvalue weighted by molar-refractivity contribution is 5.87. The van der Waals surface area contributed by atoms with E-state index in [2.05, 4.69) is 9.97 Å². The molecule has 0 bridgehead atoms. The Labute approximate surface area is 127 Å². The normalized spacial score (nSPS) is 10.4. The summed E-state index contributed by atoms with van der Waals surface area (Å²) in [6.07, 6.45) is 1.69. The first-order valence-corrected chi connectivity index (χ1v) is 6.52. The minimum atomic E-state index is 0.234. The molecule has 4 N–H and O–H groups in total. The Hall–Kier alpha value is -3.33. The monoisotopic (exact) mass is 291 g/mol. The molecule has 22 heavy (non-hydrogen) atoms. The maximum absolute atomic E-state index is 9.05. The smallest absolute Gasteiger partial charge is 0.236 e. The van der Waals surface area contributed by atoms with Crippen molar-refractivity contribution in [3.63, 3.8) is 0 Å². The van der Waals surface area contributed by atoms with Gasteiger partial charge in [0.05, 0.1) is 23.9 Å². The van der Waals surface area contributed by atoms with Crippen molar-refractivity contribution in [2.45, 2.75) is 0 Å². The number of benzene rings is 1. The van der Waals surface area contributed by atoms with Crippen LogP contribution in [0.4, 0.5) is 11.5 Å². The molecule has 3 rings (SSSR count). The number of ether oxygens (including phenoxy) is 1. The molecule has 0 saturated heterocycles. The Morgan fingerprint density at radius 3 is 2.64 bits per heavy atom. The number of pyridine rings is 2. The summed E-state index contributed by atoms with van der Waals surface area (Å²) in [6.45, 7) is 0. The maximum atomic E-state index is 9.05. The third kappa shape index (κ3) is 2.25. The summed E-state index contributed by atoms with van der Waals surface area (Å²) < 4.78 is 5.05. The van der Waals surface area contributed by atoms with Crippen molar-refractivity contribution in [2.75, 3.05) is 18.6 Å². The summed E-state index contributed by atoms with van der Waals surface area (Å²) in [4.78, 5) is 8.39. The van der Waals surface area contributed by atoms with Crippen LogP contribution in [0.5, 0.6) is 5.88 Å². The van der Waals surface area contributed by atoms with Crippen LogP contribution in [0.1, 0.15) is 5.56 Å². The lowest BCUT2D eigenvalue weighted by atomic mass is 10.0. The molecule has 0 spiro atoms. The van der Waals surface area contributed by atoms with E-state index in [0.717, 1.165) is 22.0 Å². The van der Waals surface area contributed by atoms with Gasteiger partial charge in [0.2, 0.25) is 5.88 Å². The Morgan fingerprint density at radius 2 is 1.95 bits per heavy atom. The van der Waals surface area contributed by atoms with E-state index in [-0.39, 0.29) is 5.82 Å². The predicted molar refractivity (Wildman–Crippen MR) is 85.1 cm³/mol. The number of nitrogens with zero attached hydrogens (tertiary/aromatic N) is 3. The lowest BCUT2D eigenvalue weighted by Crippen LogP contribution is -1.96. The number of anilines is 2. The molecule has 3 aromatic rings. The molecule has 0 saturated carbocycles. The van der Waals surface area contributed by atoms with Gasteiger partial charge in [-0.1, -0.05) is 6.07 Å². The Morgan fingerprint density at radius 1 is 1.14 bits per heavy atom. The predicted octanol–water partition coefficient (Wildman–Crippen LogP) is 2.34. The highest BCUT2D eigenvalue weighted by atomic mass is 16.5. The number of nitriles is 1. The topological polar surface area (TPSA) is 111 Å². The van der Waals surface area contributed by atoms with E-state index in [4.69, 9.17) is 21.5 Å². The van der Waals surface area contributed by atoms with Crippen LogP contribution in [0.2, 0.25) is 0 Å². The molecule has 6 nitrogen and oxygen atoms in total. The van der Waals surface area contributed by atoms with Gasteiger partial charge in [-0.2, -0.15) is 5.26 Å². The van der Waals surface area contributed by atoms with Gasteiger partial charge < -0.3 is 16.2 Å². The van der Waals surface area contributed by atoms with Crippen LogP contribution in [0.25, 0.3) is 22.0 Å². The van der Waals surface area contributed by atoms with Crippen molar-refractivity contribution >= 4 is 22.4 Å². The first-order chi connectivity index (χ1) is 10.6. The summed E-state index contributed by atoms with van der Waals surface area (Å²) in [5.41, 5.74) is 14.9. The minimum absolute atomic E-state index is 0.234. The number of fused-ring (bicyclic) bond motifs is 1. The third-order valence-corrected chi connectivity index (χ3v) is 3.37. The molecule has 0 aliphatic rings. The van der Waals surface area contributed by atoms with E-state index in [0.29, 0.717) is 17.1 Å². The summed E-state index contributed by atoms with van der Waals surface area (Å²) in [5.74, 6) is 0.629. The van der Waals surface area contributed by atoms with Crippen LogP contribution in [-0.4, -0.2) is 17.1 Å². The molecular weight excluding hydrogens is 278 g/mol. The van der Waals surface area contributed by atoms with Gasteiger partial charge in [0.15, 0.2) is 0 Å². The zero-order valence-electron chi connectivity index (χ0n) is 11.9. The average Bonchev–Trinajstić information content (AvgIpc) is 2.53. The second kappa shape index (κ2) is 5.22. The van der Waals surface area contributed by atoms with E-state index in [9.17, 15) is 0 Å². The Balaban J connectivity index is 2.14. The fraction of sp³-hybridized carbons (Fsp3) is 0.0625. The molecular formula is C16H13N5O. The lowest BCUT2D eigenvalue weighted by molar-refractivity contribution is 0.400. The molecule has 2 aromatic heterocycles. The zero-order chi connectivity index (χ0) is 15.7. The van der Waals surface area contributed by atoms with Gasteiger partial charge in [-0.05, 0) is 29.8 Å². The van der Waals surface area contributed by atoms with Gasteiger partial charge in [-0.25, -0.2) is 9.97 Å². The van der Waals surface area contributed by atoms with Crippen LogP contribution in [-0.2, 0) is 0 Å². The molecule has 0 radical (unpaired) electrons. The molecule has 2 heterocycles. The largest absolute Gasteiger partial charge is 0.480 e. The minimum Gasteiger partial charge on any atom is -0.480 e. The van der Waals surface area contributed by atoms with Gasteiger partial charge in [0.25, 0.3) is 0 Å². The first-order valence-electron chi connectivity index (χ1n) is 6.52. The highest BCUT2D eigenvalue weighted by Gasteiger charge is 2.08. The molecule has 0 aliphatic carbocycles. The van der Waals surface area contributed by atoms with E-state index in [1.165, 1.54) is 7.11 Å². The molecule has 0 fully saturated rings. The van der Waals surface area contributed by atoms with Crippen LogP contribution in [0, 0.1) is 11.3 Å². The van der Waals surface area contributed by atoms with Crippen molar-refractivity contribution in [2.24, 2.45) is 0 Å². The SMILES string of the molecule is COc1ncc(-c2ccc3nc(N)c(C#N)cc3c2)cc1N. The van der Waals surface area contributed by atoms with Crippen LogP contribution >= 0.6 is 0 Å². The van der Waals surface area contributed by atoms with Gasteiger partial charge in [-0.3, -0.25) is 0 Å². The van der Waals surface area contributed by atoms with Crippen LogP contribution in [0.15, 0.2) is 36.5 Å². The van der Waals surface area contributed by atoms with E-state index >= 15 is 0 Å². The van der Waals surface area contributed by atoms with E-state index in [1.807, 2.05) is 24.3 Å². The molecule has 6 heteroatoms. The van der Waals surface area contributed by atoms with Gasteiger partial charge in [0, 0.05) is 17.1 Å². The highest BCUT2D eigenvalue weighted by Crippen LogP contribution is 2.28. The summed E-state index contributed by atoms with van der Waals surface area (Å²) in [6, 6.07) is 11.2. The lowest BCUT2D eigenvalue weighted by Gasteiger charge is -2.08. The molecule has 0 aliphatic heterocycles. The van der Waals surface area contributed by atoms with Crippen molar-refractivity contribution in [1.29, 1.82) is 5.26 Å². The second-order valence-electron chi connectivity index (χ2n) is 4.76. The number of hydrogen-bond donors (Lipinski definition) is 2. The standard InChI is InChI=1S/C16H13N5O/c1-22-16-13(18)6-12(8-20-16)9-2-3-14-10(4-9)5-11(7-17)15(19)21-14/h2-6,8H,18H2,1H3,(H2,19,21). The molecule has 0 unspecified atom stereocenters. The first kappa shape index (κ1) is 13.6. The Bertz CT molecular complexity index is 914. The fourth-order valence-corrected chi connectivity index (χ4v) is 2.26. The molecule has 108 valence electrons. The molecule has 1 aromatic carbocycles.